The van der Waals surface area contributed by atoms with E-state index >= 15 is 0 Å². The van der Waals surface area contributed by atoms with Gasteiger partial charge in [0.1, 0.15) is 5.56 Å². The second kappa shape index (κ2) is 10.2. The summed E-state index contributed by atoms with van der Waals surface area (Å²) in [5, 5.41) is 8.74. The number of thiazole rings is 1. The molecule has 40 heavy (non-hydrogen) atoms. The smallest absolute Gasteiger partial charge is 0.264 e. The van der Waals surface area contributed by atoms with Crippen LogP contribution in [0.5, 0.6) is 0 Å². The summed E-state index contributed by atoms with van der Waals surface area (Å²) in [6.07, 6.45) is 3.38. The molecule has 4 heterocycles. The van der Waals surface area contributed by atoms with Crippen LogP contribution < -0.4 is 10.9 Å². The maximum atomic E-state index is 14.2. The highest BCUT2D eigenvalue weighted by molar-refractivity contribution is 7.10. The van der Waals surface area contributed by atoms with Crippen molar-refractivity contribution in [3.63, 3.8) is 0 Å². The third-order valence-electron chi connectivity index (χ3n) is 6.73. The van der Waals surface area contributed by atoms with Crippen LogP contribution in [-0.2, 0) is 0 Å². The Morgan fingerprint density at radius 1 is 1.00 bits per heavy atom. The molecule has 0 fully saturated rings. The van der Waals surface area contributed by atoms with Gasteiger partial charge in [0.05, 0.1) is 33.2 Å². The SMILES string of the molecule is Cc1ncsc1C#Cc1cccc2cc([C@@H](C)NC(=O)c3c(C)nn4cccnc34)n(-c3ccccc3)c(=O)c12. The van der Waals surface area contributed by atoms with Gasteiger partial charge in [-0.1, -0.05) is 36.3 Å². The first kappa shape index (κ1) is 25.2. The fourth-order valence-electron chi connectivity index (χ4n) is 4.80. The van der Waals surface area contributed by atoms with Gasteiger partial charge in [-0.15, -0.1) is 11.3 Å². The number of fused-ring (bicyclic) bond motifs is 2. The quantitative estimate of drug-likeness (QED) is 0.315. The number of benzene rings is 2. The van der Waals surface area contributed by atoms with Crippen molar-refractivity contribution in [2.24, 2.45) is 0 Å². The van der Waals surface area contributed by atoms with Gasteiger partial charge in [0.25, 0.3) is 11.5 Å². The predicted octanol–water partition coefficient (Wildman–Crippen LogP) is 5.00. The summed E-state index contributed by atoms with van der Waals surface area (Å²) >= 11 is 1.47. The molecule has 196 valence electrons. The van der Waals surface area contributed by atoms with Crippen molar-refractivity contribution in [3.05, 3.63) is 122 Å². The van der Waals surface area contributed by atoms with Gasteiger partial charge in [-0.05, 0) is 62.4 Å². The summed E-state index contributed by atoms with van der Waals surface area (Å²) < 4.78 is 3.23. The number of nitrogens with one attached hydrogen (secondary N) is 1. The Morgan fingerprint density at radius 2 is 1.82 bits per heavy atom. The van der Waals surface area contributed by atoms with Crippen LogP contribution in [0.25, 0.3) is 22.1 Å². The van der Waals surface area contributed by atoms with Crippen molar-refractivity contribution >= 4 is 33.7 Å². The molecule has 0 radical (unpaired) electrons. The molecule has 6 rings (SSSR count). The minimum atomic E-state index is -0.516. The number of rotatable bonds is 4. The maximum Gasteiger partial charge on any atom is 0.264 e. The summed E-state index contributed by atoms with van der Waals surface area (Å²) in [5.41, 5.74) is 5.83. The third kappa shape index (κ3) is 4.44. The van der Waals surface area contributed by atoms with E-state index in [2.05, 4.69) is 32.2 Å². The average Bonchev–Trinajstić information content (AvgIpc) is 3.53. The lowest BCUT2D eigenvalue weighted by Gasteiger charge is -2.21. The summed E-state index contributed by atoms with van der Waals surface area (Å²) in [5.74, 6) is 6.05. The molecule has 8 nitrogen and oxygen atoms in total. The summed E-state index contributed by atoms with van der Waals surface area (Å²) in [6, 6.07) is 18.2. The Balaban J connectivity index is 1.48. The molecule has 4 aromatic heterocycles. The van der Waals surface area contributed by atoms with E-state index in [-0.39, 0.29) is 11.5 Å². The van der Waals surface area contributed by atoms with Crippen molar-refractivity contribution < 1.29 is 4.79 Å². The van der Waals surface area contributed by atoms with E-state index in [0.29, 0.717) is 39.2 Å². The first-order valence-electron chi connectivity index (χ1n) is 12.7. The molecule has 0 unspecified atom stereocenters. The summed E-state index contributed by atoms with van der Waals surface area (Å²) in [6.45, 7) is 5.56. The van der Waals surface area contributed by atoms with Crippen LogP contribution in [0, 0.1) is 25.7 Å². The number of carbonyl (C=O) groups is 1. The van der Waals surface area contributed by atoms with Gasteiger partial charge in [0.2, 0.25) is 0 Å². The average molecular weight is 545 g/mol. The van der Waals surface area contributed by atoms with Crippen LogP contribution in [-0.4, -0.2) is 30.1 Å². The molecule has 1 atom stereocenters. The summed E-state index contributed by atoms with van der Waals surface area (Å²) in [7, 11) is 0. The van der Waals surface area contributed by atoms with Crippen LogP contribution >= 0.6 is 11.3 Å². The highest BCUT2D eigenvalue weighted by Crippen LogP contribution is 2.24. The van der Waals surface area contributed by atoms with Gasteiger partial charge in [-0.3, -0.25) is 14.2 Å². The van der Waals surface area contributed by atoms with E-state index in [0.717, 1.165) is 16.0 Å². The highest BCUT2D eigenvalue weighted by Gasteiger charge is 2.23. The molecular formula is C31H24N6O2S. The van der Waals surface area contributed by atoms with Gasteiger partial charge in [0.15, 0.2) is 5.65 Å². The van der Waals surface area contributed by atoms with Gasteiger partial charge < -0.3 is 5.32 Å². The number of hydrogen-bond donors (Lipinski definition) is 1. The molecule has 0 saturated heterocycles. The highest BCUT2D eigenvalue weighted by atomic mass is 32.1. The molecule has 0 spiro atoms. The maximum absolute atomic E-state index is 14.2. The molecule has 1 N–H and O–H groups in total. The monoisotopic (exact) mass is 544 g/mol. The molecule has 6 aromatic rings. The second-order valence-electron chi connectivity index (χ2n) is 9.38. The van der Waals surface area contributed by atoms with Crippen LogP contribution in [0.15, 0.2) is 83.4 Å². The molecule has 0 aliphatic rings. The van der Waals surface area contributed by atoms with E-state index in [4.69, 9.17) is 0 Å². The molecule has 9 heteroatoms. The zero-order chi connectivity index (χ0) is 27.8. The number of nitrogens with zero attached hydrogens (tertiary/aromatic N) is 5. The number of aryl methyl sites for hydroxylation is 2. The zero-order valence-electron chi connectivity index (χ0n) is 22.0. The van der Waals surface area contributed by atoms with Crippen LogP contribution in [0.2, 0.25) is 0 Å². The van der Waals surface area contributed by atoms with Crippen molar-refractivity contribution in [3.8, 4) is 17.5 Å². The van der Waals surface area contributed by atoms with Gasteiger partial charge in [0, 0.05) is 29.3 Å². The van der Waals surface area contributed by atoms with Crippen molar-refractivity contribution in [1.29, 1.82) is 0 Å². The molecular weight excluding hydrogens is 520 g/mol. The lowest BCUT2D eigenvalue weighted by Crippen LogP contribution is -2.32. The number of pyridine rings is 1. The first-order chi connectivity index (χ1) is 19.4. The fraction of sp³-hybridized carbons (Fsp3) is 0.129. The molecule has 0 aliphatic heterocycles. The largest absolute Gasteiger partial charge is 0.344 e. The first-order valence-corrected chi connectivity index (χ1v) is 13.6. The topological polar surface area (TPSA) is 94.2 Å². The van der Waals surface area contributed by atoms with Gasteiger partial charge in [-0.2, -0.15) is 5.10 Å². The summed E-state index contributed by atoms with van der Waals surface area (Å²) in [4.78, 5) is 37.2. The Morgan fingerprint density at radius 3 is 2.60 bits per heavy atom. The number of carbonyl (C=O) groups excluding carboxylic acids is 1. The van der Waals surface area contributed by atoms with Gasteiger partial charge in [-0.25, -0.2) is 14.5 Å². The Hall–Kier alpha value is -5.07. The molecule has 0 bridgehead atoms. The number of para-hydroxylation sites is 1. The van der Waals surface area contributed by atoms with Crippen molar-refractivity contribution in [2.75, 3.05) is 0 Å². The van der Waals surface area contributed by atoms with E-state index in [1.54, 1.807) is 40.0 Å². The van der Waals surface area contributed by atoms with E-state index in [1.807, 2.05) is 68.4 Å². The number of aromatic nitrogens is 5. The lowest BCUT2D eigenvalue weighted by molar-refractivity contribution is 0.0939. The Bertz CT molecular complexity index is 2030. The standard InChI is InChI=1S/C31H24N6O2S/c1-19(34-30(38)27-21(3)35-36-16-8-15-32-29(27)36)25-17-23-10-7-9-22(13-14-26-20(2)33-18-40-26)28(23)31(39)37(25)24-11-5-4-6-12-24/h4-12,15-19H,1-3H3,(H,34,38)/t19-/m1/s1. The van der Waals surface area contributed by atoms with Crippen LogP contribution in [0.3, 0.4) is 0 Å². The Labute approximate surface area is 234 Å². The molecule has 2 aromatic carbocycles. The lowest BCUT2D eigenvalue weighted by atomic mass is 10.0. The van der Waals surface area contributed by atoms with E-state index < -0.39 is 6.04 Å². The zero-order valence-corrected chi connectivity index (χ0v) is 22.9. The molecule has 0 aliphatic carbocycles. The van der Waals surface area contributed by atoms with Crippen LogP contribution in [0.4, 0.5) is 0 Å². The Kier molecular flexibility index (Phi) is 6.46. The fourth-order valence-corrected chi connectivity index (χ4v) is 5.45. The van der Waals surface area contributed by atoms with Crippen LogP contribution in [0.1, 0.15) is 50.8 Å². The minimum absolute atomic E-state index is 0.209. The van der Waals surface area contributed by atoms with Crippen molar-refractivity contribution in [2.45, 2.75) is 26.8 Å². The van der Waals surface area contributed by atoms with Crippen molar-refractivity contribution in [1.82, 2.24) is 29.5 Å². The number of amides is 1. The normalized spacial score (nSPS) is 11.8. The third-order valence-corrected chi connectivity index (χ3v) is 7.58. The van der Waals surface area contributed by atoms with Gasteiger partial charge >= 0.3 is 0 Å². The second-order valence-corrected chi connectivity index (χ2v) is 10.2. The predicted molar refractivity (Wildman–Crippen MR) is 156 cm³/mol. The van der Waals surface area contributed by atoms with E-state index in [9.17, 15) is 9.59 Å². The molecule has 1 amide bonds. The number of hydrogen-bond acceptors (Lipinski definition) is 6. The molecule has 0 saturated carbocycles. The minimum Gasteiger partial charge on any atom is -0.344 e. The van der Waals surface area contributed by atoms with E-state index in [1.165, 1.54) is 11.3 Å².